The van der Waals surface area contributed by atoms with Crippen molar-refractivity contribution in [2.75, 3.05) is 6.61 Å². The van der Waals surface area contributed by atoms with Crippen LogP contribution in [0.15, 0.2) is 0 Å². The highest BCUT2D eigenvalue weighted by molar-refractivity contribution is 5.90. The lowest BCUT2D eigenvalue weighted by Crippen LogP contribution is -2.41. The van der Waals surface area contributed by atoms with E-state index >= 15 is 0 Å². The van der Waals surface area contributed by atoms with Crippen LogP contribution in [0.4, 0.5) is 0 Å². The fourth-order valence-electron chi connectivity index (χ4n) is 1.10. The maximum absolute atomic E-state index is 11.6. The van der Waals surface area contributed by atoms with E-state index in [9.17, 15) is 4.79 Å². The van der Waals surface area contributed by atoms with Crippen LogP contribution >= 0.6 is 0 Å². The van der Waals surface area contributed by atoms with Crippen molar-refractivity contribution in [2.45, 2.75) is 26.8 Å². The Morgan fingerprint density at radius 2 is 2.27 bits per heavy atom. The van der Waals surface area contributed by atoms with Gasteiger partial charge in [-0.2, -0.15) is 0 Å². The Labute approximate surface area is 88.1 Å². The molecule has 0 aliphatic heterocycles. The van der Waals surface area contributed by atoms with E-state index in [1.54, 1.807) is 6.92 Å². The molecule has 0 saturated carbocycles. The first-order valence-corrected chi connectivity index (χ1v) is 4.85. The number of aliphatic hydroxyl groups excluding tert-OH is 1. The highest BCUT2D eigenvalue weighted by Gasteiger charge is 2.18. The van der Waals surface area contributed by atoms with Crippen LogP contribution in [0, 0.1) is 12.8 Å². The number of hydrogen-bond acceptors (Lipinski definition) is 4. The Hall–Kier alpha value is -1.43. The molecule has 84 valence electrons. The second-order valence-corrected chi connectivity index (χ2v) is 3.75. The van der Waals surface area contributed by atoms with E-state index in [1.165, 1.54) is 0 Å². The molecule has 0 spiro atoms. The Balaban J connectivity index is 2.62. The molecule has 1 amide bonds. The van der Waals surface area contributed by atoms with E-state index < -0.39 is 0 Å². The van der Waals surface area contributed by atoms with Crippen molar-refractivity contribution in [3.63, 3.8) is 0 Å². The molecule has 6 heteroatoms. The summed E-state index contributed by atoms with van der Waals surface area (Å²) >= 11 is 0. The van der Waals surface area contributed by atoms with Gasteiger partial charge in [-0.3, -0.25) is 9.89 Å². The lowest BCUT2D eigenvalue weighted by molar-refractivity contribution is 0.0886. The number of rotatable bonds is 4. The number of H-pyrrole nitrogens is 1. The number of aromatic amines is 1. The molecule has 0 aliphatic carbocycles. The van der Waals surface area contributed by atoms with Gasteiger partial charge in [0.1, 0.15) is 5.82 Å². The number of carbonyl (C=O) groups excluding carboxylic acids is 1. The van der Waals surface area contributed by atoms with Gasteiger partial charge in [-0.05, 0) is 12.8 Å². The van der Waals surface area contributed by atoms with Crippen LogP contribution in [-0.4, -0.2) is 38.8 Å². The van der Waals surface area contributed by atoms with Gasteiger partial charge < -0.3 is 10.4 Å². The average Bonchev–Trinajstić information content (AvgIpc) is 2.60. The fraction of sp³-hybridized carbons (Fsp3) is 0.667. The SMILES string of the molecule is Cc1nc(C(=O)NC(CO)C(C)C)n[nH]1. The lowest BCUT2D eigenvalue weighted by Gasteiger charge is -2.18. The van der Waals surface area contributed by atoms with Crippen LogP contribution in [0.3, 0.4) is 0 Å². The zero-order valence-electron chi connectivity index (χ0n) is 9.11. The predicted octanol–water partition coefficient (Wildman–Crippen LogP) is -0.140. The summed E-state index contributed by atoms with van der Waals surface area (Å²) in [6, 6.07) is -0.267. The number of nitrogens with zero attached hydrogens (tertiary/aromatic N) is 2. The zero-order chi connectivity index (χ0) is 11.4. The molecule has 3 N–H and O–H groups in total. The second-order valence-electron chi connectivity index (χ2n) is 3.75. The number of amides is 1. The summed E-state index contributed by atoms with van der Waals surface area (Å²) < 4.78 is 0. The molecule has 15 heavy (non-hydrogen) atoms. The van der Waals surface area contributed by atoms with Crippen molar-refractivity contribution in [3.8, 4) is 0 Å². The molecule has 0 fully saturated rings. The zero-order valence-corrected chi connectivity index (χ0v) is 9.11. The molecule has 1 atom stereocenters. The Morgan fingerprint density at radius 3 is 2.67 bits per heavy atom. The van der Waals surface area contributed by atoms with Crippen molar-refractivity contribution in [1.29, 1.82) is 0 Å². The highest BCUT2D eigenvalue weighted by Crippen LogP contribution is 2.01. The van der Waals surface area contributed by atoms with E-state index in [2.05, 4.69) is 20.5 Å². The van der Waals surface area contributed by atoms with E-state index in [-0.39, 0.29) is 30.3 Å². The van der Waals surface area contributed by atoms with Crippen molar-refractivity contribution < 1.29 is 9.90 Å². The van der Waals surface area contributed by atoms with Gasteiger partial charge in [0.25, 0.3) is 5.91 Å². The summed E-state index contributed by atoms with van der Waals surface area (Å²) in [4.78, 5) is 15.5. The third-order valence-corrected chi connectivity index (χ3v) is 2.12. The lowest BCUT2D eigenvalue weighted by atomic mass is 10.1. The molecular weight excluding hydrogens is 196 g/mol. The molecule has 0 bridgehead atoms. The smallest absolute Gasteiger partial charge is 0.291 e. The van der Waals surface area contributed by atoms with E-state index in [4.69, 9.17) is 5.11 Å². The van der Waals surface area contributed by atoms with Crippen LogP contribution in [0.5, 0.6) is 0 Å². The molecule has 0 aromatic carbocycles. The molecule has 1 rings (SSSR count). The molecule has 6 nitrogen and oxygen atoms in total. The minimum Gasteiger partial charge on any atom is -0.394 e. The third-order valence-electron chi connectivity index (χ3n) is 2.12. The second kappa shape index (κ2) is 4.88. The van der Waals surface area contributed by atoms with Crippen LogP contribution < -0.4 is 5.32 Å². The topological polar surface area (TPSA) is 90.9 Å². The fourth-order valence-corrected chi connectivity index (χ4v) is 1.10. The number of hydrogen-bond donors (Lipinski definition) is 3. The molecule has 1 heterocycles. The largest absolute Gasteiger partial charge is 0.394 e. The minimum absolute atomic E-state index is 0.0905. The van der Waals surface area contributed by atoms with Crippen LogP contribution in [-0.2, 0) is 0 Å². The molecule has 1 unspecified atom stereocenters. The summed E-state index contributed by atoms with van der Waals surface area (Å²) in [7, 11) is 0. The molecule has 1 aromatic rings. The van der Waals surface area contributed by atoms with E-state index in [1.807, 2.05) is 13.8 Å². The normalized spacial score (nSPS) is 12.9. The van der Waals surface area contributed by atoms with Crippen LogP contribution in [0.25, 0.3) is 0 Å². The van der Waals surface area contributed by atoms with Gasteiger partial charge in [0, 0.05) is 0 Å². The van der Waals surface area contributed by atoms with Gasteiger partial charge in [-0.15, -0.1) is 5.10 Å². The summed E-state index contributed by atoms with van der Waals surface area (Å²) in [5.41, 5.74) is 0. The third kappa shape index (κ3) is 3.02. The molecular formula is C9H16N4O2. The van der Waals surface area contributed by atoms with E-state index in [0.29, 0.717) is 5.82 Å². The molecule has 1 aromatic heterocycles. The summed E-state index contributed by atoms with van der Waals surface area (Å²) in [5.74, 6) is 0.489. The van der Waals surface area contributed by atoms with Gasteiger partial charge in [-0.25, -0.2) is 4.98 Å². The van der Waals surface area contributed by atoms with Crippen molar-refractivity contribution >= 4 is 5.91 Å². The predicted molar refractivity (Wildman–Crippen MR) is 54.3 cm³/mol. The van der Waals surface area contributed by atoms with Gasteiger partial charge in [0.2, 0.25) is 5.82 Å². The van der Waals surface area contributed by atoms with Gasteiger partial charge >= 0.3 is 0 Å². The van der Waals surface area contributed by atoms with Gasteiger partial charge in [-0.1, -0.05) is 13.8 Å². The maximum Gasteiger partial charge on any atom is 0.291 e. The monoisotopic (exact) mass is 212 g/mol. The number of aliphatic hydroxyl groups is 1. The van der Waals surface area contributed by atoms with Gasteiger partial charge in [0.15, 0.2) is 0 Å². The Bertz CT molecular complexity index is 335. The number of aromatic nitrogens is 3. The first kappa shape index (κ1) is 11.6. The summed E-state index contributed by atoms with van der Waals surface area (Å²) in [6.07, 6.45) is 0. The minimum atomic E-state index is -0.368. The van der Waals surface area contributed by atoms with Crippen molar-refractivity contribution in [2.24, 2.45) is 5.92 Å². The number of aryl methyl sites for hydroxylation is 1. The standard InChI is InChI=1S/C9H16N4O2/c1-5(2)7(4-14)11-9(15)8-10-6(3)12-13-8/h5,7,14H,4H2,1-3H3,(H,11,15)(H,10,12,13). The number of carbonyl (C=O) groups is 1. The van der Waals surface area contributed by atoms with Crippen molar-refractivity contribution in [3.05, 3.63) is 11.6 Å². The van der Waals surface area contributed by atoms with Gasteiger partial charge in [0.05, 0.1) is 12.6 Å². The Kier molecular flexibility index (Phi) is 3.79. The first-order chi connectivity index (χ1) is 7.04. The molecule has 0 aliphatic rings. The average molecular weight is 212 g/mol. The summed E-state index contributed by atoms with van der Waals surface area (Å²) in [6.45, 7) is 5.47. The highest BCUT2D eigenvalue weighted by atomic mass is 16.3. The maximum atomic E-state index is 11.6. The van der Waals surface area contributed by atoms with Crippen molar-refractivity contribution in [1.82, 2.24) is 20.5 Å². The van der Waals surface area contributed by atoms with Crippen LogP contribution in [0.2, 0.25) is 0 Å². The quantitative estimate of drug-likeness (QED) is 0.648. The molecule has 0 radical (unpaired) electrons. The summed E-state index contributed by atoms with van der Waals surface area (Å²) in [5, 5.41) is 18.0. The van der Waals surface area contributed by atoms with E-state index in [0.717, 1.165) is 0 Å². The molecule has 0 saturated heterocycles. The van der Waals surface area contributed by atoms with Crippen LogP contribution in [0.1, 0.15) is 30.3 Å². The number of nitrogens with one attached hydrogen (secondary N) is 2. The first-order valence-electron chi connectivity index (χ1n) is 4.85. The Morgan fingerprint density at radius 1 is 1.60 bits per heavy atom.